The number of aromatic nitrogens is 2. The fourth-order valence-corrected chi connectivity index (χ4v) is 4.69. The Balaban J connectivity index is 1.55. The molecule has 1 aliphatic carbocycles. The Kier molecular flexibility index (Phi) is 4.03. The van der Waals surface area contributed by atoms with Gasteiger partial charge < -0.3 is 4.90 Å². The van der Waals surface area contributed by atoms with Gasteiger partial charge in [-0.15, -0.1) is 0 Å². The fraction of sp³-hybridized carbons (Fsp3) is 0.778. The molecule has 4 heteroatoms. The lowest BCUT2D eigenvalue weighted by atomic mass is 9.89. The molecule has 3 heterocycles. The summed E-state index contributed by atoms with van der Waals surface area (Å²) in [5.74, 6) is 2.90. The Labute approximate surface area is 133 Å². The van der Waals surface area contributed by atoms with Crippen molar-refractivity contribution < 1.29 is 0 Å². The predicted octanol–water partition coefficient (Wildman–Crippen LogP) is 3.20. The highest BCUT2D eigenvalue weighted by molar-refractivity contribution is 5.44. The lowest BCUT2D eigenvalue weighted by molar-refractivity contribution is 0.229. The van der Waals surface area contributed by atoms with Gasteiger partial charge in [0.15, 0.2) is 0 Å². The van der Waals surface area contributed by atoms with E-state index in [4.69, 9.17) is 4.98 Å². The van der Waals surface area contributed by atoms with Gasteiger partial charge in [-0.3, -0.25) is 4.90 Å². The molecule has 3 aliphatic rings. The van der Waals surface area contributed by atoms with E-state index in [9.17, 15) is 0 Å². The minimum atomic E-state index is 0.600. The molecule has 1 aromatic rings. The highest BCUT2D eigenvalue weighted by Crippen LogP contribution is 2.35. The van der Waals surface area contributed by atoms with Gasteiger partial charge in [-0.2, -0.15) is 0 Å². The van der Waals surface area contributed by atoms with Crippen molar-refractivity contribution in [1.29, 1.82) is 0 Å². The van der Waals surface area contributed by atoms with Crippen molar-refractivity contribution >= 4 is 5.82 Å². The number of rotatable bonds is 3. The van der Waals surface area contributed by atoms with E-state index in [1.54, 1.807) is 0 Å². The summed E-state index contributed by atoms with van der Waals surface area (Å²) in [6.45, 7) is 5.87. The van der Waals surface area contributed by atoms with Crippen LogP contribution in [-0.4, -0.2) is 46.6 Å². The Morgan fingerprint density at radius 2 is 1.77 bits per heavy atom. The Morgan fingerprint density at radius 1 is 1.05 bits per heavy atom. The van der Waals surface area contributed by atoms with E-state index in [0.717, 1.165) is 5.82 Å². The maximum Gasteiger partial charge on any atom is 0.133 e. The maximum absolute atomic E-state index is 5.01. The smallest absolute Gasteiger partial charge is 0.133 e. The standard InChI is InChI=1S/C18H28N4/c1-2-21-12-15-8-9-16(13-21)22(15)17-10-11-19-18(20-17)14-6-4-3-5-7-14/h10-11,14-16H,2-9,12-13H2,1H3. The first kappa shape index (κ1) is 14.4. The van der Waals surface area contributed by atoms with Crippen molar-refractivity contribution in [3.63, 3.8) is 0 Å². The third-order valence-electron chi connectivity index (χ3n) is 5.90. The van der Waals surface area contributed by atoms with Gasteiger partial charge in [0, 0.05) is 37.3 Å². The molecule has 2 bridgehead atoms. The van der Waals surface area contributed by atoms with Gasteiger partial charge in [0.25, 0.3) is 0 Å². The molecule has 2 saturated heterocycles. The molecular weight excluding hydrogens is 272 g/mol. The molecule has 2 unspecified atom stereocenters. The number of likely N-dealkylation sites (tertiary alicyclic amines) is 1. The van der Waals surface area contributed by atoms with Crippen LogP contribution in [0.4, 0.5) is 5.82 Å². The van der Waals surface area contributed by atoms with Crippen molar-refractivity contribution in [2.24, 2.45) is 0 Å². The summed E-state index contributed by atoms with van der Waals surface area (Å²) in [6.07, 6.45) is 11.3. The van der Waals surface area contributed by atoms with Crippen LogP contribution in [0.25, 0.3) is 0 Å². The van der Waals surface area contributed by atoms with Crippen LogP contribution < -0.4 is 4.90 Å². The van der Waals surface area contributed by atoms with Crippen molar-refractivity contribution in [2.75, 3.05) is 24.5 Å². The zero-order chi connectivity index (χ0) is 14.9. The van der Waals surface area contributed by atoms with Gasteiger partial charge in [-0.05, 0) is 38.3 Å². The summed E-state index contributed by atoms with van der Waals surface area (Å²) in [4.78, 5) is 14.8. The van der Waals surface area contributed by atoms with E-state index in [-0.39, 0.29) is 0 Å². The third kappa shape index (κ3) is 2.62. The molecule has 0 N–H and O–H groups in total. The lowest BCUT2D eigenvalue weighted by Gasteiger charge is -2.41. The number of nitrogens with zero attached hydrogens (tertiary/aromatic N) is 4. The monoisotopic (exact) mass is 300 g/mol. The van der Waals surface area contributed by atoms with Crippen LogP contribution in [-0.2, 0) is 0 Å². The number of anilines is 1. The first-order valence-electron chi connectivity index (χ1n) is 9.18. The summed E-state index contributed by atoms with van der Waals surface area (Å²) in [5, 5.41) is 0. The largest absolute Gasteiger partial charge is 0.348 e. The van der Waals surface area contributed by atoms with Crippen LogP contribution >= 0.6 is 0 Å². The van der Waals surface area contributed by atoms with Crippen LogP contribution in [0.15, 0.2) is 12.3 Å². The topological polar surface area (TPSA) is 32.3 Å². The van der Waals surface area contributed by atoms with Gasteiger partial charge in [0.2, 0.25) is 0 Å². The minimum absolute atomic E-state index is 0.600. The zero-order valence-electron chi connectivity index (χ0n) is 13.7. The second-order valence-corrected chi connectivity index (χ2v) is 7.25. The molecule has 0 amide bonds. The molecule has 2 atom stereocenters. The first-order chi connectivity index (χ1) is 10.8. The average Bonchev–Trinajstić information content (AvgIpc) is 2.86. The average molecular weight is 300 g/mol. The van der Waals surface area contributed by atoms with Crippen LogP contribution in [0.2, 0.25) is 0 Å². The maximum atomic E-state index is 5.01. The summed E-state index contributed by atoms with van der Waals surface area (Å²) in [5.41, 5.74) is 0. The van der Waals surface area contributed by atoms with Gasteiger partial charge in [0.05, 0.1) is 0 Å². The Bertz CT molecular complexity index is 498. The molecule has 4 nitrogen and oxygen atoms in total. The van der Waals surface area contributed by atoms with Crippen LogP contribution in [0.1, 0.15) is 63.6 Å². The molecule has 4 rings (SSSR count). The molecule has 120 valence electrons. The van der Waals surface area contributed by atoms with Crippen LogP contribution in [0, 0.1) is 0 Å². The molecule has 3 fully saturated rings. The Morgan fingerprint density at radius 3 is 2.45 bits per heavy atom. The molecule has 0 spiro atoms. The van der Waals surface area contributed by atoms with E-state index >= 15 is 0 Å². The van der Waals surface area contributed by atoms with Crippen LogP contribution in [0.3, 0.4) is 0 Å². The number of hydrogen-bond donors (Lipinski definition) is 0. The zero-order valence-corrected chi connectivity index (χ0v) is 13.7. The number of fused-ring (bicyclic) bond motifs is 2. The number of likely N-dealkylation sites (N-methyl/N-ethyl adjacent to an activating group) is 1. The quantitative estimate of drug-likeness (QED) is 0.858. The highest BCUT2D eigenvalue weighted by Gasteiger charge is 2.40. The second-order valence-electron chi connectivity index (χ2n) is 7.25. The predicted molar refractivity (Wildman–Crippen MR) is 89.3 cm³/mol. The summed E-state index contributed by atoms with van der Waals surface area (Å²) in [6, 6.07) is 3.46. The molecule has 0 radical (unpaired) electrons. The van der Waals surface area contributed by atoms with Gasteiger partial charge in [0.1, 0.15) is 11.6 Å². The highest BCUT2D eigenvalue weighted by atomic mass is 15.3. The van der Waals surface area contributed by atoms with Crippen molar-refractivity contribution in [2.45, 2.75) is 69.9 Å². The minimum Gasteiger partial charge on any atom is -0.348 e. The molecule has 22 heavy (non-hydrogen) atoms. The SMILES string of the molecule is CCN1CC2CCC(C1)N2c1ccnc(C2CCCCC2)n1. The van der Waals surface area contributed by atoms with E-state index in [0.29, 0.717) is 18.0 Å². The normalized spacial score (nSPS) is 30.0. The second kappa shape index (κ2) is 6.15. The van der Waals surface area contributed by atoms with E-state index in [1.165, 1.54) is 70.4 Å². The third-order valence-corrected chi connectivity index (χ3v) is 5.90. The van der Waals surface area contributed by atoms with Crippen molar-refractivity contribution in [1.82, 2.24) is 14.9 Å². The summed E-state index contributed by atoms with van der Waals surface area (Å²) in [7, 11) is 0. The van der Waals surface area contributed by atoms with E-state index < -0.39 is 0 Å². The molecule has 1 saturated carbocycles. The lowest BCUT2D eigenvalue weighted by Crippen LogP contribution is -2.54. The van der Waals surface area contributed by atoms with Gasteiger partial charge in [-0.1, -0.05) is 26.2 Å². The van der Waals surface area contributed by atoms with Crippen molar-refractivity contribution in [3.05, 3.63) is 18.1 Å². The van der Waals surface area contributed by atoms with E-state index in [1.807, 2.05) is 6.20 Å². The fourth-order valence-electron chi connectivity index (χ4n) is 4.69. The summed E-state index contributed by atoms with van der Waals surface area (Å²) >= 11 is 0. The molecule has 1 aromatic heterocycles. The summed E-state index contributed by atoms with van der Waals surface area (Å²) < 4.78 is 0. The van der Waals surface area contributed by atoms with E-state index in [2.05, 4.69) is 27.8 Å². The van der Waals surface area contributed by atoms with Crippen molar-refractivity contribution in [3.8, 4) is 0 Å². The molecular formula is C18H28N4. The molecule has 2 aliphatic heterocycles. The number of piperazine rings is 1. The molecule has 0 aromatic carbocycles. The number of hydrogen-bond acceptors (Lipinski definition) is 4. The first-order valence-corrected chi connectivity index (χ1v) is 9.18. The van der Waals surface area contributed by atoms with Gasteiger partial charge >= 0.3 is 0 Å². The Hall–Kier alpha value is -1.16. The van der Waals surface area contributed by atoms with Crippen LogP contribution in [0.5, 0.6) is 0 Å². The van der Waals surface area contributed by atoms with Gasteiger partial charge in [-0.25, -0.2) is 9.97 Å².